The third-order valence-electron chi connectivity index (χ3n) is 1.52. The van der Waals surface area contributed by atoms with E-state index in [1.165, 1.54) is 0 Å². The van der Waals surface area contributed by atoms with Gasteiger partial charge >= 0.3 is 0 Å². The third-order valence-corrected chi connectivity index (χ3v) is 1.83. The number of nitro benzene ring substituents is 1. The molecule has 0 saturated heterocycles. The molecule has 0 radical (unpaired) electrons. The van der Waals surface area contributed by atoms with Gasteiger partial charge < -0.3 is 0 Å². The number of nitro groups is 1. The molecule has 0 N–H and O–H groups in total. The average Bonchev–Trinajstić information content (AvgIpc) is 2.16. The normalized spacial score (nSPS) is 8.79. The van der Waals surface area contributed by atoms with Crippen LogP contribution in [0.2, 0.25) is 5.02 Å². The summed E-state index contributed by atoms with van der Waals surface area (Å²) in [6.45, 7) is 0. The molecular formula is C8H2ClN3O2. The van der Waals surface area contributed by atoms with Crippen LogP contribution >= 0.6 is 11.6 Å². The Morgan fingerprint density at radius 2 is 1.79 bits per heavy atom. The molecule has 0 aliphatic heterocycles. The van der Waals surface area contributed by atoms with Gasteiger partial charge in [0.15, 0.2) is 0 Å². The third kappa shape index (κ3) is 1.63. The molecule has 1 aromatic rings. The average molecular weight is 208 g/mol. The maximum absolute atomic E-state index is 10.4. The molecule has 0 spiro atoms. The standard InChI is InChI=1S/C8H2ClN3O2/c9-7-1-5(3-10)6(4-11)2-8(7)12(13)14/h1-2H. The predicted molar refractivity (Wildman–Crippen MR) is 47.5 cm³/mol. The SMILES string of the molecule is N#Cc1cc(Cl)c([N+](=O)[O-])cc1C#N. The van der Waals surface area contributed by atoms with Crippen LogP contribution < -0.4 is 0 Å². The summed E-state index contributed by atoms with van der Waals surface area (Å²) in [5.41, 5.74) is -0.395. The zero-order valence-electron chi connectivity index (χ0n) is 6.69. The van der Waals surface area contributed by atoms with Gasteiger partial charge in [0.05, 0.1) is 16.1 Å². The van der Waals surface area contributed by atoms with Gasteiger partial charge in [-0.15, -0.1) is 0 Å². The smallest absolute Gasteiger partial charge is 0.258 e. The van der Waals surface area contributed by atoms with Crippen molar-refractivity contribution in [3.8, 4) is 12.1 Å². The molecule has 14 heavy (non-hydrogen) atoms. The fourth-order valence-electron chi connectivity index (χ4n) is 0.887. The Morgan fingerprint density at radius 3 is 2.21 bits per heavy atom. The molecule has 0 heterocycles. The van der Waals surface area contributed by atoms with E-state index in [1.807, 2.05) is 0 Å². The first kappa shape index (κ1) is 9.97. The zero-order valence-corrected chi connectivity index (χ0v) is 7.45. The van der Waals surface area contributed by atoms with Gasteiger partial charge in [0.25, 0.3) is 5.69 Å². The zero-order chi connectivity index (χ0) is 10.7. The maximum Gasteiger partial charge on any atom is 0.289 e. The number of hydrogen-bond acceptors (Lipinski definition) is 4. The van der Waals surface area contributed by atoms with Crippen molar-refractivity contribution in [2.75, 3.05) is 0 Å². The predicted octanol–water partition coefficient (Wildman–Crippen LogP) is 1.99. The van der Waals surface area contributed by atoms with Gasteiger partial charge in [-0.2, -0.15) is 10.5 Å². The van der Waals surface area contributed by atoms with Gasteiger partial charge in [0, 0.05) is 6.07 Å². The Labute approximate surface area is 83.9 Å². The fourth-order valence-corrected chi connectivity index (χ4v) is 1.12. The summed E-state index contributed by atoms with van der Waals surface area (Å²) >= 11 is 5.53. The van der Waals surface area contributed by atoms with Gasteiger partial charge in [-0.1, -0.05) is 11.6 Å². The van der Waals surface area contributed by atoms with E-state index in [0.717, 1.165) is 12.1 Å². The number of rotatable bonds is 1. The second-order valence-corrected chi connectivity index (χ2v) is 2.74. The second kappa shape index (κ2) is 3.73. The van der Waals surface area contributed by atoms with E-state index in [4.69, 9.17) is 22.1 Å². The Morgan fingerprint density at radius 1 is 1.29 bits per heavy atom. The molecule has 0 unspecified atom stereocenters. The van der Waals surface area contributed by atoms with Crippen LogP contribution in [0, 0.1) is 32.8 Å². The Hall–Kier alpha value is -2.11. The lowest BCUT2D eigenvalue weighted by atomic mass is 10.1. The summed E-state index contributed by atoms with van der Waals surface area (Å²) in [5, 5.41) is 27.4. The summed E-state index contributed by atoms with van der Waals surface area (Å²) in [7, 11) is 0. The van der Waals surface area contributed by atoms with Crippen LogP contribution in [-0.4, -0.2) is 4.92 Å². The van der Waals surface area contributed by atoms with Crippen molar-refractivity contribution in [1.82, 2.24) is 0 Å². The molecule has 0 aromatic heterocycles. The van der Waals surface area contributed by atoms with Crippen LogP contribution in [0.1, 0.15) is 11.1 Å². The number of nitrogens with zero attached hydrogens (tertiary/aromatic N) is 3. The minimum absolute atomic E-state index is 0.0306. The molecule has 0 atom stereocenters. The minimum atomic E-state index is -0.704. The quantitative estimate of drug-likeness (QED) is 0.520. The van der Waals surface area contributed by atoms with Crippen molar-refractivity contribution in [3.63, 3.8) is 0 Å². The molecule has 0 aliphatic carbocycles. The van der Waals surface area contributed by atoms with Gasteiger partial charge in [-0.05, 0) is 6.07 Å². The molecular weight excluding hydrogens is 206 g/mol. The van der Waals surface area contributed by atoms with Crippen molar-refractivity contribution in [3.05, 3.63) is 38.4 Å². The van der Waals surface area contributed by atoms with E-state index in [9.17, 15) is 10.1 Å². The highest BCUT2D eigenvalue weighted by atomic mass is 35.5. The molecule has 6 heteroatoms. The van der Waals surface area contributed by atoms with Gasteiger partial charge in [-0.25, -0.2) is 0 Å². The first-order chi connectivity index (χ1) is 6.60. The number of nitriles is 2. The topological polar surface area (TPSA) is 90.7 Å². The molecule has 0 amide bonds. The summed E-state index contributed by atoms with van der Waals surface area (Å²) < 4.78 is 0. The Bertz CT molecular complexity index is 485. The first-order valence-corrected chi connectivity index (χ1v) is 3.76. The Balaban J connectivity index is 3.50. The van der Waals surface area contributed by atoms with Crippen molar-refractivity contribution >= 4 is 17.3 Å². The molecule has 1 aromatic carbocycles. The van der Waals surface area contributed by atoms with Crippen molar-refractivity contribution < 1.29 is 4.92 Å². The van der Waals surface area contributed by atoms with Gasteiger partial charge in [0.1, 0.15) is 17.2 Å². The van der Waals surface area contributed by atoms with Crippen molar-refractivity contribution in [2.45, 2.75) is 0 Å². The van der Waals surface area contributed by atoms with Crippen LogP contribution in [0.3, 0.4) is 0 Å². The molecule has 0 bridgehead atoms. The van der Waals surface area contributed by atoms with E-state index in [0.29, 0.717) is 0 Å². The van der Waals surface area contributed by atoms with Gasteiger partial charge in [-0.3, -0.25) is 10.1 Å². The molecule has 0 fully saturated rings. The lowest BCUT2D eigenvalue weighted by Crippen LogP contribution is -1.92. The monoisotopic (exact) mass is 207 g/mol. The van der Waals surface area contributed by atoms with E-state index in [-0.39, 0.29) is 21.8 Å². The van der Waals surface area contributed by atoms with E-state index >= 15 is 0 Å². The second-order valence-electron chi connectivity index (χ2n) is 2.33. The summed E-state index contributed by atoms with van der Waals surface area (Å²) in [5.74, 6) is 0. The van der Waals surface area contributed by atoms with E-state index in [2.05, 4.69) is 0 Å². The van der Waals surface area contributed by atoms with Gasteiger partial charge in [0.2, 0.25) is 0 Å². The van der Waals surface area contributed by atoms with Crippen molar-refractivity contribution in [1.29, 1.82) is 10.5 Å². The highest BCUT2D eigenvalue weighted by Gasteiger charge is 2.16. The van der Waals surface area contributed by atoms with Crippen LogP contribution in [0.5, 0.6) is 0 Å². The van der Waals surface area contributed by atoms with Crippen LogP contribution in [0.25, 0.3) is 0 Å². The number of benzene rings is 1. The van der Waals surface area contributed by atoms with E-state index < -0.39 is 4.92 Å². The summed E-state index contributed by atoms with van der Waals surface area (Å²) in [4.78, 5) is 9.71. The molecule has 68 valence electrons. The number of hydrogen-bond donors (Lipinski definition) is 0. The Kier molecular flexibility index (Phi) is 2.66. The molecule has 1 rings (SSSR count). The molecule has 0 saturated carbocycles. The van der Waals surface area contributed by atoms with E-state index in [1.54, 1.807) is 12.1 Å². The van der Waals surface area contributed by atoms with Crippen LogP contribution in [0.15, 0.2) is 12.1 Å². The largest absolute Gasteiger partial charge is 0.289 e. The highest BCUT2D eigenvalue weighted by Crippen LogP contribution is 2.27. The molecule has 5 nitrogen and oxygen atoms in total. The minimum Gasteiger partial charge on any atom is -0.258 e. The lowest BCUT2D eigenvalue weighted by Gasteiger charge is -1.97. The highest BCUT2D eigenvalue weighted by molar-refractivity contribution is 6.32. The maximum atomic E-state index is 10.4. The summed E-state index contributed by atoms with van der Waals surface area (Å²) in [6.07, 6.45) is 0. The van der Waals surface area contributed by atoms with Crippen LogP contribution in [-0.2, 0) is 0 Å². The first-order valence-electron chi connectivity index (χ1n) is 3.38. The molecule has 0 aliphatic rings. The fraction of sp³-hybridized carbons (Fsp3) is 0. The van der Waals surface area contributed by atoms with Crippen molar-refractivity contribution in [2.24, 2.45) is 0 Å². The lowest BCUT2D eigenvalue weighted by molar-refractivity contribution is -0.384. The van der Waals surface area contributed by atoms with Crippen LogP contribution in [0.4, 0.5) is 5.69 Å². The summed E-state index contributed by atoms with van der Waals surface area (Å²) in [6, 6.07) is 5.50. The number of halogens is 1.